The first-order chi connectivity index (χ1) is 23.1. The second kappa shape index (κ2) is 13.7. The van der Waals surface area contributed by atoms with Gasteiger partial charge in [-0.25, -0.2) is 17.0 Å². The Balaban J connectivity index is 0.000000227. The number of rotatable bonds is 2. The first-order valence-corrected chi connectivity index (χ1v) is 18.8. The van der Waals surface area contributed by atoms with Gasteiger partial charge in [0, 0.05) is 35.8 Å². The third-order valence-corrected chi connectivity index (χ3v) is 13.5. The predicted molar refractivity (Wildman–Crippen MR) is 194 cm³/mol. The van der Waals surface area contributed by atoms with Crippen molar-refractivity contribution in [2.24, 2.45) is 45.4 Å². The number of allylic oxidation sites excluding steroid dienone is 6. The van der Waals surface area contributed by atoms with Gasteiger partial charge in [0.15, 0.2) is 6.23 Å². The molecule has 0 bridgehead atoms. The fraction of sp³-hybridized carbons (Fsp3) is 0.659. The van der Waals surface area contributed by atoms with Crippen LogP contribution in [0.4, 0.5) is 0 Å². The first-order valence-electron chi connectivity index (χ1n) is 19.4. The van der Waals surface area contributed by atoms with Crippen LogP contribution in [-0.2, 0) is 24.8 Å². The van der Waals surface area contributed by atoms with Gasteiger partial charge in [-0.05, 0) is 71.1 Å². The topological polar surface area (TPSA) is 49.8 Å². The summed E-state index contributed by atoms with van der Waals surface area (Å²) in [5.41, 5.74) is 7.42. The largest absolute Gasteiger partial charge is 0.769 e. The molecule has 4 nitrogen and oxygen atoms in total. The van der Waals surface area contributed by atoms with Gasteiger partial charge in [0.05, 0.1) is 0 Å². The zero-order valence-electron chi connectivity index (χ0n) is 32.4. The normalized spacial score (nSPS) is 39.0. The van der Waals surface area contributed by atoms with E-state index in [0.29, 0.717) is 11.8 Å². The van der Waals surface area contributed by atoms with Crippen LogP contribution in [0.2, 0.25) is 0 Å². The number of aliphatic imine (C=N–C) groups is 1. The zero-order valence-corrected chi connectivity index (χ0v) is 32.6. The summed E-state index contributed by atoms with van der Waals surface area (Å²) in [6.07, 6.45) is 22.9. The van der Waals surface area contributed by atoms with Crippen LogP contribution in [-0.4, -0.2) is 29.9 Å². The average molecular weight is 833 g/mol. The molecule has 0 aromatic carbocycles. The summed E-state index contributed by atoms with van der Waals surface area (Å²) in [5, 5.41) is 10.2. The Morgan fingerprint density at radius 2 is 1.94 bits per heavy atom. The van der Waals surface area contributed by atoms with E-state index in [9.17, 15) is 0 Å². The molecule has 8 rings (SSSR count). The molecule has 0 aromatic rings. The molecular weight excluding hydrogens is 775 g/mol. The number of hydrogen-bond donors (Lipinski definition) is 0. The second-order valence-corrected chi connectivity index (χ2v) is 17.5. The van der Waals surface area contributed by atoms with Gasteiger partial charge in [-0.1, -0.05) is 103 Å². The Hall–Kier alpha value is -1.46. The van der Waals surface area contributed by atoms with Crippen molar-refractivity contribution in [2.45, 2.75) is 124 Å². The molecule has 0 amide bonds. The van der Waals surface area contributed by atoms with Crippen molar-refractivity contribution in [1.29, 1.82) is 0 Å². The van der Waals surface area contributed by atoms with Crippen LogP contribution in [0.15, 0.2) is 68.0 Å². The van der Waals surface area contributed by atoms with Gasteiger partial charge in [-0.2, -0.15) is 11.6 Å². The summed E-state index contributed by atoms with van der Waals surface area (Å²) in [5.74, 6) is 3.59. The maximum absolute atomic E-state index is 7.72. The fourth-order valence-corrected chi connectivity index (χ4v) is 10.2. The molecule has 5 heterocycles. The average Bonchev–Trinajstić information content (AvgIpc) is 3.65. The maximum atomic E-state index is 7.72. The predicted octanol–water partition coefficient (Wildman–Crippen LogP) is 11.2. The summed E-state index contributed by atoms with van der Waals surface area (Å²) >= 11 is 1.98. The molecule has 1 fully saturated rings. The van der Waals surface area contributed by atoms with Crippen LogP contribution in [0.1, 0.15) is 111 Å². The van der Waals surface area contributed by atoms with E-state index >= 15 is 0 Å². The third-order valence-electron chi connectivity index (χ3n) is 11.9. The van der Waals surface area contributed by atoms with E-state index in [1.165, 1.54) is 48.1 Å². The number of hydrogen-bond acceptors (Lipinski definition) is 3. The quantitative estimate of drug-likeness (QED) is 0.260. The molecule has 8 atom stereocenters. The van der Waals surface area contributed by atoms with E-state index in [-0.39, 0.29) is 59.9 Å². The van der Waals surface area contributed by atoms with E-state index in [1.54, 1.807) is 16.6 Å². The monoisotopic (exact) mass is 833 g/mol. The molecule has 0 spiro atoms. The maximum Gasteiger partial charge on any atom is 0.175 e. The summed E-state index contributed by atoms with van der Waals surface area (Å²) in [6.45, 7) is 15.2. The van der Waals surface area contributed by atoms with Crippen LogP contribution in [0.3, 0.4) is 0 Å². The molecule has 1 radical (unpaired) electrons. The Morgan fingerprint density at radius 3 is 2.68 bits per heavy atom. The second-order valence-electron chi connectivity index (χ2n) is 16.4. The van der Waals surface area contributed by atoms with E-state index < -0.39 is 13.1 Å². The van der Waals surface area contributed by atoms with Gasteiger partial charge in [0.2, 0.25) is 0 Å². The van der Waals surface area contributed by atoms with E-state index in [1.807, 2.05) is 17.8 Å². The fourth-order valence-electron chi connectivity index (χ4n) is 8.52. The first kappa shape index (κ1) is 31.5. The Bertz CT molecular complexity index is 1570. The molecule has 0 saturated carbocycles. The number of nitrogens with zero attached hydrogens (tertiary/aromatic N) is 3. The Labute approximate surface area is 307 Å². The number of fused-ring (bicyclic) bond motifs is 5. The van der Waals surface area contributed by atoms with Crippen molar-refractivity contribution in [3.8, 4) is 0 Å². The Morgan fingerprint density at radius 1 is 1.13 bits per heavy atom. The van der Waals surface area contributed by atoms with E-state index in [4.69, 9.17) is 14.2 Å². The van der Waals surface area contributed by atoms with Crippen LogP contribution in [0, 0.1) is 52.9 Å². The minimum atomic E-state index is -2.20. The summed E-state index contributed by atoms with van der Waals surface area (Å²) < 4.78 is 29.6. The summed E-state index contributed by atoms with van der Waals surface area (Å²) in [4.78, 5) is 6.05. The van der Waals surface area contributed by atoms with Gasteiger partial charge in [0.25, 0.3) is 0 Å². The summed E-state index contributed by atoms with van der Waals surface area (Å²) in [6, 6.07) is 0.0989. The molecule has 3 aliphatic carbocycles. The molecule has 0 N–H and O–H groups in total. The van der Waals surface area contributed by atoms with Crippen LogP contribution in [0.5, 0.6) is 0 Å². The van der Waals surface area contributed by atoms with Crippen LogP contribution in [0.25, 0.3) is 10.6 Å². The van der Waals surface area contributed by atoms with Gasteiger partial charge in [0.1, 0.15) is 0 Å². The number of dihydropyridines is 1. The molecule has 5 aliphatic heterocycles. The third kappa shape index (κ3) is 6.84. The minimum Gasteiger partial charge on any atom is -0.769 e. The van der Waals surface area contributed by atoms with Crippen molar-refractivity contribution in [1.82, 2.24) is 0 Å². The molecular formula is C41H55IrN3OS-4. The van der Waals surface area contributed by atoms with Crippen molar-refractivity contribution in [3.05, 3.63) is 86.1 Å². The number of thioether (sulfide) groups is 1. The van der Waals surface area contributed by atoms with E-state index in [2.05, 4.69) is 83.4 Å². The zero-order chi connectivity index (χ0) is 34.9. The van der Waals surface area contributed by atoms with Gasteiger partial charge in [-0.3, -0.25) is 6.08 Å². The summed E-state index contributed by atoms with van der Waals surface area (Å²) in [7, 11) is 0. The molecule has 0 aromatic heterocycles. The minimum absolute atomic E-state index is 0. The molecule has 47 heavy (non-hydrogen) atoms. The Kier molecular flexibility index (Phi) is 9.18. The van der Waals surface area contributed by atoms with Crippen LogP contribution < -0.4 is 0 Å². The van der Waals surface area contributed by atoms with E-state index in [0.717, 1.165) is 43.9 Å². The standard InChI is InChI=1S/C27H34N2OS.C14H21N.Ir/c1-15-9-10-17-16-7-6-8-18(22(16)30-24(17)28-15)20-12-11-19-21-23(31-25(19)29-20)27(4,5)14-13-26(21,2)3;1-10-4-6-13(7-5-10)14-8-11(2)12(3)9-15-14;/h8-11,16-17,20,24-25H,6-7,12-14H2,1-5H3;8,10-12H,4-6,9H2,1-3H3;/q2*-2;/t16?,17?,20-,24?,25-;10-,11+,12-;/m11./s1/i1D3;;. The number of ether oxygens (including phenoxy) is 1. The molecule has 1 saturated heterocycles. The van der Waals surface area contributed by atoms with Gasteiger partial charge >= 0.3 is 0 Å². The van der Waals surface area contributed by atoms with Crippen molar-refractivity contribution in [3.63, 3.8) is 0 Å². The van der Waals surface area contributed by atoms with Crippen LogP contribution >= 0.6 is 11.8 Å². The van der Waals surface area contributed by atoms with Crippen molar-refractivity contribution >= 4 is 17.5 Å². The smallest absolute Gasteiger partial charge is 0.175 e. The van der Waals surface area contributed by atoms with Crippen molar-refractivity contribution < 1.29 is 29.0 Å². The molecule has 8 aliphatic rings. The van der Waals surface area contributed by atoms with Gasteiger partial charge in [-0.15, -0.1) is 37.2 Å². The molecule has 3 unspecified atom stereocenters. The SMILES string of the molecule is C[C@H]1C[C-]=C(C2=C[C@H](C)[C@H](C)C[N-]2)CC1.[2H]C([2H])([2H])C1=NC2OC3=C([C@H]4CC=C5C6=C(S[C@H]5[N-]4)C(C)(C)CCC6(C)C)[CH-]CCC3C2C=C1.[Ir]. The molecule has 6 heteroatoms. The molecule has 259 valence electrons. The van der Waals surface area contributed by atoms with Gasteiger partial charge < -0.3 is 21.1 Å². The van der Waals surface area contributed by atoms with Crippen molar-refractivity contribution in [2.75, 3.05) is 6.54 Å².